The van der Waals surface area contributed by atoms with Gasteiger partial charge < -0.3 is 0 Å². The van der Waals surface area contributed by atoms with E-state index in [2.05, 4.69) is 22.9 Å². The Bertz CT molecular complexity index is 546. The molecule has 8 heteroatoms. The standard InChI is InChI=1S/C10H12BrCl2NO2S2/c1-6-2-3-14(7(6)5-11)18(15,16)8-4-9(12)17-10(8)13/h4,6-7H,2-3,5H2,1H3. The Hall–Kier alpha value is 0.670. The van der Waals surface area contributed by atoms with Crippen LogP contribution in [0, 0.1) is 5.92 Å². The quantitative estimate of drug-likeness (QED) is 0.732. The number of halogens is 3. The maximum absolute atomic E-state index is 12.6. The summed E-state index contributed by atoms with van der Waals surface area (Å²) in [6.07, 6.45) is 0.866. The summed E-state index contributed by atoms with van der Waals surface area (Å²) in [5, 5.41) is 0.628. The topological polar surface area (TPSA) is 37.4 Å². The zero-order valence-corrected chi connectivity index (χ0v) is 14.3. The third-order valence-electron chi connectivity index (χ3n) is 3.20. The SMILES string of the molecule is CC1CCN(S(=O)(=O)c2cc(Cl)sc2Cl)C1CBr. The molecule has 3 nitrogen and oxygen atoms in total. The molecule has 0 radical (unpaired) electrons. The lowest BCUT2D eigenvalue weighted by Crippen LogP contribution is -2.38. The molecule has 0 aliphatic carbocycles. The summed E-state index contributed by atoms with van der Waals surface area (Å²) in [6, 6.07) is 1.41. The molecule has 1 fully saturated rings. The summed E-state index contributed by atoms with van der Waals surface area (Å²) in [7, 11) is -3.55. The van der Waals surface area contributed by atoms with Crippen LogP contribution in [0.2, 0.25) is 8.67 Å². The van der Waals surface area contributed by atoms with E-state index in [9.17, 15) is 8.42 Å². The van der Waals surface area contributed by atoms with Crippen LogP contribution in [-0.2, 0) is 10.0 Å². The summed E-state index contributed by atoms with van der Waals surface area (Å²) in [6.45, 7) is 2.59. The first-order valence-electron chi connectivity index (χ1n) is 5.40. The van der Waals surface area contributed by atoms with Crippen molar-refractivity contribution in [3.05, 3.63) is 14.7 Å². The van der Waals surface area contributed by atoms with Crippen LogP contribution < -0.4 is 0 Å². The van der Waals surface area contributed by atoms with Crippen LogP contribution in [-0.4, -0.2) is 30.6 Å². The highest BCUT2D eigenvalue weighted by Crippen LogP contribution is 2.38. The normalized spacial score (nSPS) is 25.8. The number of alkyl halides is 1. The third kappa shape index (κ3) is 2.60. The van der Waals surface area contributed by atoms with Gasteiger partial charge in [0.25, 0.3) is 0 Å². The molecule has 1 aliphatic heterocycles. The van der Waals surface area contributed by atoms with Crippen LogP contribution >= 0.6 is 50.5 Å². The van der Waals surface area contributed by atoms with E-state index in [-0.39, 0.29) is 15.3 Å². The van der Waals surface area contributed by atoms with Crippen molar-refractivity contribution in [1.29, 1.82) is 0 Å². The molecule has 2 rings (SSSR count). The summed E-state index contributed by atoms with van der Waals surface area (Å²) in [5.41, 5.74) is 0. The second-order valence-electron chi connectivity index (χ2n) is 4.29. The first-order chi connectivity index (χ1) is 8.37. The Morgan fingerprint density at radius 2 is 2.22 bits per heavy atom. The van der Waals surface area contributed by atoms with E-state index in [0.717, 1.165) is 17.8 Å². The van der Waals surface area contributed by atoms with E-state index >= 15 is 0 Å². The maximum Gasteiger partial charge on any atom is 0.245 e. The van der Waals surface area contributed by atoms with Gasteiger partial charge in [0, 0.05) is 17.9 Å². The number of hydrogen-bond donors (Lipinski definition) is 0. The van der Waals surface area contributed by atoms with Gasteiger partial charge in [0.15, 0.2) is 0 Å². The van der Waals surface area contributed by atoms with E-state index < -0.39 is 10.0 Å². The predicted octanol–water partition coefficient (Wildman–Crippen LogP) is 3.85. The second kappa shape index (κ2) is 5.58. The largest absolute Gasteiger partial charge is 0.245 e. The summed E-state index contributed by atoms with van der Waals surface area (Å²) in [4.78, 5) is 0.124. The van der Waals surface area contributed by atoms with Crippen molar-refractivity contribution in [2.75, 3.05) is 11.9 Å². The fraction of sp³-hybridized carbons (Fsp3) is 0.600. The molecule has 0 aromatic carbocycles. The van der Waals surface area contributed by atoms with Crippen molar-refractivity contribution in [2.24, 2.45) is 5.92 Å². The molecule has 0 amide bonds. The van der Waals surface area contributed by atoms with Crippen LogP contribution in [0.15, 0.2) is 11.0 Å². The minimum Gasteiger partial charge on any atom is -0.207 e. The number of hydrogen-bond acceptors (Lipinski definition) is 3. The van der Waals surface area contributed by atoms with Crippen molar-refractivity contribution in [2.45, 2.75) is 24.3 Å². The monoisotopic (exact) mass is 391 g/mol. The summed E-state index contributed by atoms with van der Waals surface area (Å²) in [5.74, 6) is 0.340. The molecule has 0 saturated carbocycles. The van der Waals surface area contributed by atoms with Crippen molar-refractivity contribution < 1.29 is 8.42 Å². The van der Waals surface area contributed by atoms with Gasteiger partial charge in [-0.3, -0.25) is 0 Å². The van der Waals surface area contributed by atoms with Gasteiger partial charge in [-0.25, -0.2) is 8.42 Å². The molecular weight excluding hydrogens is 381 g/mol. The van der Waals surface area contributed by atoms with Gasteiger partial charge in [-0.15, -0.1) is 11.3 Å². The Balaban J connectivity index is 2.40. The van der Waals surface area contributed by atoms with E-state index in [1.807, 2.05) is 0 Å². The molecule has 2 unspecified atom stereocenters. The Morgan fingerprint density at radius 3 is 2.72 bits per heavy atom. The average Bonchev–Trinajstić information content (AvgIpc) is 2.82. The van der Waals surface area contributed by atoms with Gasteiger partial charge in [-0.2, -0.15) is 4.31 Å². The van der Waals surface area contributed by atoms with Gasteiger partial charge in [0.2, 0.25) is 10.0 Å². The fourth-order valence-electron chi connectivity index (χ4n) is 2.13. The number of nitrogens with zero attached hydrogens (tertiary/aromatic N) is 1. The highest BCUT2D eigenvalue weighted by molar-refractivity contribution is 9.09. The zero-order chi connectivity index (χ0) is 13.5. The maximum atomic E-state index is 12.6. The molecular formula is C10H12BrCl2NO2S2. The van der Waals surface area contributed by atoms with Crippen molar-refractivity contribution in [3.8, 4) is 0 Å². The molecule has 0 bridgehead atoms. The summed E-state index contributed by atoms with van der Waals surface area (Å²) >= 11 is 16.2. The molecule has 1 aliphatic rings. The average molecular weight is 393 g/mol. The van der Waals surface area contributed by atoms with Gasteiger partial charge >= 0.3 is 0 Å². The van der Waals surface area contributed by atoms with Crippen molar-refractivity contribution in [3.63, 3.8) is 0 Å². The molecule has 0 N–H and O–H groups in total. The highest BCUT2D eigenvalue weighted by atomic mass is 79.9. The van der Waals surface area contributed by atoms with Crippen molar-refractivity contribution in [1.82, 2.24) is 4.31 Å². The van der Waals surface area contributed by atoms with E-state index in [1.165, 1.54) is 10.4 Å². The van der Waals surface area contributed by atoms with Crippen LogP contribution in [0.25, 0.3) is 0 Å². The molecule has 1 aromatic rings. The Labute approximate surface area is 129 Å². The molecule has 18 heavy (non-hydrogen) atoms. The lowest BCUT2D eigenvalue weighted by atomic mass is 10.1. The number of sulfonamides is 1. The third-order valence-corrected chi connectivity index (χ3v) is 7.54. The predicted molar refractivity (Wildman–Crippen MR) is 79.6 cm³/mol. The lowest BCUT2D eigenvalue weighted by Gasteiger charge is -2.24. The Kier molecular flexibility index (Phi) is 4.67. The van der Waals surface area contributed by atoms with Crippen LogP contribution in [0.1, 0.15) is 13.3 Å². The van der Waals surface area contributed by atoms with Gasteiger partial charge in [0.05, 0.1) is 4.34 Å². The Morgan fingerprint density at radius 1 is 1.56 bits per heavy atom. The first kappa shape index (κ1) is 15.1. The second-order valence-corrected chi connectivity index (χ2v) is 9.08. The van der Waals surface area contributed by atoms with Gasteiger partial charge in [-0.1, -0.05) is 46.1 Å². The zero-order valence-electron chi connectivity index (χ0n) is 9.57. The highest BCUT2D eigenvalue weighted by Gasteiger charge is 2.40. The molecule has 2 atom stereocenters. The van der Waals surface area contributed by atoms with Crippen LogP contribution in [0.5, 0.6) is 0 Å². The minimum atomic E-state index is -3.55. The lowest BCUT2D eigenvalue weighted by molar-refractivity contribution is 0.378. The van der Waals surface area contributed by atoms with Crippen LogP contribution in [0.4, 0.5) is 0 Å². The van der Waals surface area contributed by atoms with E-state index in [0.29, 0.717) is 22.1 Å². The fourth-order valence-corrected chi connectivity index (χ4v) is 7.16. The van der Waals surface area contributed by atoms with Gasteiger partial charge in [-0.05, 0) is 18.4 Å². The van der Waals surface area contributed by atoms with E-state index in [4.69, 9.17) is 23.2 Å². The van der Waals surface area contributed by atoms with Crippen molar-refractivity contribution >= 4 is 60.5 Å². The van der Waals surface area contributed by atoms with Gasteiger partial charge in [0.1, 0.15) is 9.23 Å². The number of rotatable bonds is 3. The molecule has 1 aromatic heterocycles. The first-order valence-corrected chi connectivity index (χ1v) is 9.54. The number of thiophene rings is 1. The molecule has 1 saturated heterocycles. The minimum absolute atomic E-state index is 0.0234. The van der Waals surface area contributed by atoms with E-state index in [1.54, 1.807) is 0 Å². The molecule has 2 heterocycles. The molecule has 0 spiro atoms. The smallest absolute Gasteiger partial charge is 0.207 e. The van der Waals surface area contributed by atoms with Crippen LogP contribution in [0.3, 0.4) is 0 Å². The summed E-state index contributed by atoms with van der Waals surface area (Å²) < 4.78 is 27.2. The molecule has 102 valence electrons.